The number of rotatable bonds is 4. The molecule has 4 nitrogen and oxygen atoms in total. The minimum absolute atomic E-state index is 0.0357. The van der Waals surface area contributed by atoms with E-state index in [4.69, 9.17) is 12.2 Å². The van der Waals surface area contributed by atoms with Crippen molar-refractivity contribution in [3.63, 3.8) is 0 Å². The Morgan fingerprint density at radius 1 is 1.42 bits per heavy atom. The molecule has 0 unspecified atom stereocenters. The van der Waals surface area contributed by atoms with Crippen LogP contribution in [0.15, 0.2) is 30.3 Å². The largest absolute Gasteiger partial charge is 0.340 e. The summed E-state index contributed by atoms with van der Waals surface area (Å²) in [5.41, 5.74) is 1.06. The summed E-state index contributed by atoms with van der Waals surface area (Å²) in [6, 6.07) is 9.73. The number of hydrogen-bond acceptors (Lipinski definition) is 4. The van der Waals surface area contributed by atoms with Crippen LogP contribution in [0.4, 0.5) is 0 Å². The fraction of sp³-hybridized carbons (Fsp3) is 0.308. The average molecular weight is 294 g/mol. The minimum Gasteiger partial charge on any atom is -0.340 e. The Kier molecular flexibility index (Phi) is 4.55. The van der Waals surface area contributed by atoms with E-state index in [0.29, 0.717) is 16.6 Å². The van der Waals surface area contributed by atoms with Gasteiger partial charge in [-0.05, 0) is 5.56 Å². The third-order valence-electron chi connectivity index (χ3n) is 2.82. The summed E-state index contributed by atoms with van der Waals surface area (Å²) < 4.78 is 0.492. The average Bonchev–Trinajstić information content (AvgIpc) is 2.71. The van der Waals surface area contributed by atoms with Crippen molar-refractivity contribution in [1.82, 2.24) is 9.80 Å². The number of thioether (sulfide) groups is 1. The van der Waals surface area contributed by atoms with Crippen LogP contribution in [-0.4, -0.2) is 45.3 Å². The highest BCUT2D eigenvalue weighted by molar-refractivity contribution is 8.23. The van der Waals surface area contributed by atoms with Gasteiger partial charge in [0.2, 0.25) is 11.8 Å². The summed E-state index contributed by atoms with van der Waals surface area (Å²) in [7, 11) is 1.73. The molecule has 1 aromatic rings. The Labute approximate surface area is 121 Å². The standard InChI is InChI=1S/C13H14N2O2S2/c1-14(7-10-5-3-2-4-6-10)11(16)8-15-12(17)9-19-13(15)18/h2-6H,7-9H2,1H3. The van der Waals surface area contributed by atoms with Gasteiger partial charge in [0, 0.05) is 13.6 Å². The molecule has 0 atom stereocenters. The van der Waals surface area contributed by atoms with Gasteiger partial charge in [0.1, 0.15) is 10.9 Å². The van der Waals surface area contributed by atoms with Crippen LogP contribution in [0.2, 0.25) is 0 Å². The molecule has 0 aliphatic carbocycles. The topological polar surface area (TPSA) is 40.6 Å². The van der Waals surface area contributed by atoms with Crippen molar-refractivity contribution in [2.24, 2.45) is 0 Å². The zero-order chi connectivity index (χ0) is 13.8. The van der Waals surface area contributed by atoms with Crippen molar-refractivity contribution in [3.05, 3.63) is 35.9 Å². The summed E-state index contributed by atoms with van der Waals surface area (Å²) >= 11 is 6.36. The fourth-order valence-electron chi connectivity index (χ4n) is 1.74. The highest BCUT2D eigenvalue weighted by Crippen LogP contribution is 2.19. The second-order valence-electron chi connectivity index (χ2n) is 4.27. The highest BCUT2D eigenvalue weighted by Gasteiger charge is 2.29. The summed E-state index contributed by atoms with van der Waals surface area (Å²) in [6.07, 6.45) is 0. The van der Waals surface area contributed by atoms with Crippen LogP contribution in [0, 0.1) is 0 Å². The summed E-state index contributed by atoms with van der Waals surface area (Å²) in [6.45, 7) is 0.565. The van der Waals surface area contributed by atoms with Crippen LogP contribution in [-0.2, 0) is 16.1 Å². The third-order valence-corrected chi connectivity index (χ3v) is 4.25. The molecule has 0 aromatic heterocycles. The Hall–Kier alpha value is -1.40. The molecule has 0 N–H and O–H groups in total. The number of likely N-dealkylation sites (N-methyl/N-ethyl adjacent to an activating group) is 1. The second kappa shape index (κ2) is 6.16. The molecule has 19 heavy (non-hydrogen) atoms. The molecular weight excluding hydrogens is 280 g/mol. The molecule has 1 saturated heterocycles. The smallest absolute Gasteiger partial charge is 0.242 e. The first-order valence-corrected chi connectivity index (χ1v) is 7.22. The molecule has 6 heteroatoms. The third kappa shape index (κ3) is 3.54. The number of carbonyl (C=O) groups excluding carboxylic acids is 2. The zero-order valence-corrected chi connectivity index (χ0v) is 12.2. The van der Waals surface area contributed by atoms with Crippen molar-refractivity contribution in [2.75, 3.05) is 19.3 Å². The Balaban J connectivity index is 1.93. The van der Waals surface area contributed by atoms with Gasteiger partial charge in [-0.2, -0.15) is 0 Å². The molecule has 1 fully saturated rings. The number of amides is 2. The lowest BCUT2D eigenvalue weighted by atomic mass is 10.2. The van der Waals surface area contributed by atoms with Gasteiger partial charge in [-0.15, -0.1) is 0 Å². The van der Waals surface area contributed by atoms with Crippen molar-refractivity contribution >= 4 is 40.1 Å². The van der Waals surface area contributed by atoms with Gasteiger partial charge < -0.3 is 4.90 Å². The molecule has 1 aliphatic heterocycles. The summed E-state index contributed by atoms with van der Waals surface area (Å²) in [5, 5.41) is 0. The summed E-state index contributed by atoms with van der Waals surface area (Å²) in [4.78, 5) is 26.6. The number of carbonyl (C=O) groups is 2. The van der Waals surface area contributed by atoms with E-state index in [0.717, 1.165) is 5.56 Å². The van der Waals surface area contributed by atoms with Crippen LogP contribution in [0.5, 0.6) is 0 Å². The number of benzene rings is 1. The normalized spacial score (nSPS) is 14.9. The SMILES string of the molecule is CN(Cc1ccccc1)C(=O)CN1C(=O)CSC1=S. The van der Waals surface area contributed by atoms with Crippen molar-refractivity contribution in [3.8, 4) is 0 Å². The Morgan fingerprint density at radius 2 is 2.11 bits per heavy atom. The molecule has 2 amide bonds. The molecule has 100 valence electrons. The van der Waals surface area contributed by atoms with Gasteiger partial charge in [0.15, 0.2) is 0 Å². The Morgan fingerprint density at radius 3 is 2.68 bits per heavy atom. The molecule has 0 saturated carbocycles. The van der Waals surface area contributed by atoms with Crippen LogP contribution in [0.1, 0.15) is 5.56 Å². The maximum Gasteiger partial charge on any atom is 0.242 e. The van der Waals surface area contributed by atoms with E-state index in [-0.39, 0.29) is 18.4 Å². The molecule has 1 heterocycles. The predicted octanol–water partition coefficient (Wildman–Crippen LogP) is 1.51. The van der Waals surface area contributed by atoms with Crippen LogP contribution in [0.3, 0.4) is 0 Å². The van der Waals surface area contributed by atoms with Gasteiger partial charge in [0.25, 0.3) is 0 Å². The molecular formula is C13H14N2O2S2. The van der Waals surface area contributed by atoms with E-state index in [1.807, 2.05) is 30.3 Å². The zero-order valence-electron chi connectivity index (χ0n) is 10.5. The molecule has 0 bridgehead atoms. The second-order valence-corrected chi connectivity index (χ2v) is 5.88. The van der Waals surface area contributed by atoms with Gasteiger partial charge in [-0.25, -0.2) is 0 Å². The van der Waals surface area contributed by atoms with Crippen LogP contribution < -0.4 is 0 Å². The maximum atomic E-state index is 12.1. The lowest BCUT2D eigenvalue weighted by Gasteiger charge is -2.21. The highest BCUT2D eigenvalue weighted by atomic mass is 32.2. The number of hydrogen-bond donors (Lipinski definition) is 0. The first-order chi connectivity index (χ1) is 9.08. The van der Waals surface area contributed by atoms with E-state index in [9.17, 15) is 9.59 Å². The first-order valence-electron chi connectivity index (χ1n) is 5.83. The van der Waals surface area contributed by atoms with Gasteiger partial charge in [0.05, 0.1) is 5.75 Å². The number of nitrogens with zero attached hydrogens (tertiary/aromatic N) is 2. The lowest BCUT2D eigenvalue weighted by molar-refractivity contribution is -0.135. The Bertz CT molecular complexity index is 489. The van der Waals surface area contributed by atoms with E-state index in [1.54, 1.807) is 11.9 Å². The summed E-state index contributed by atoms with van der Waals surface area (Å²) in [5.74, 6) is 0.146. The minimum atomic E-state index is -0.109. The van der Waals surface area contributed by atoms with Crippen molar-refractivity contribution in [1.29, 1.82) is 0 Å². The lowest BCUT2D eigenvalue weighted by Crippen LogP contribution is -2.40. The van der Waals surface area contributed by atoms with E-state index < -0.39 is 0 Å². The first kappa shape index (κ1) is 14.0. The maximum absolute atomic E-state index is 12.1. The van der Waals surface area contributed by atoms with E-state index >= 15 is 0 Å². The molecule has 2 rings (SSSR count). The fourth-order valence-corrected chi connectivity index (χ4v) is 2.80. The van der Waals surface area contributed by atoms with Crippen molar-refractivity contribution in [2.45, 2.75) is 6.54 Å². The quantitative estimate of drug-likeness (QED) is 0.789. The monoisotopic (exact) mass is 294 g/mol. The van der Waals surface area contributed by atoms with E-state index in [1.165, 1.54) is 16.7 Å². The van der Waals surface area contributed by atoms with Crippen molar-refractivity contribution < 1.29 is 9.59 Å². The predicted molar refractivity (Wildman–Crippen MR) is 79.7 cm³/mol. The molecule has 1 aliphatic rings. The molecule has 1 aromatic carbocycles. The van der Waals surface area contributed by atoms with Gasteiger partial charge in [-0.1, -0.05) is 54.3 Å². The van der Waals surface area contributed by atoms with Gasteiger partial charge in [-0.3, -0.25) is 14.5 Å². The number of thiocarbonyl (C=S) groups is 1. The van der Waals surface area contributed by atoms with Gasteiger partial charge >= 0.3 is 0 Å². The van der Waals surface area contributed by atoms with Crippen LogP contribution >= 0.6 is 24.0 Å². The molecule has 0 spiro atoms. The van der Waals surface area contributed by atoms with E-state index in [2.05, 4.69) is 0 Å². The van der Waals surface area contributed by atoms with Crippen LogP contribution in [0.25, 0.3) is 0 Å². The molecule has 0 radical (unpaired) electrons.